The van der Waals surface area contributed by atoms with E-state index in [1.165, 1.54) is 24.2 Å². The van der Waals surface area contributed by atoms with E-state index < -0.39 is 0 Å². The Bertz CT molecular complexity index is 615. The molecule has 0 saturated carbocycles. The number of thioether (sulfide) groups is 2. The number of aryl methyl sites for hydroxylation is 1. The maximum absolute atomic E-state index is 5.52. The molecule has 1 aliphatic rings. The van der Waals surface area contributed by atoms with E-state index in [0.717, 1.165) is 30.6 Å². The molecule has 5 heteroatoms. The summed E-state index contributed by atoms with van der Waals surface area (Å²) in [5, 5.41) is 0.740. The molecule has 0 N–H and O–H groups in total. The summed E-state index contributed by atoms with van der Waals surface area (Å²) in [5.74, 6) is 2.22. The summed E-state index contributed by atoms with van der Waals surface area (Å²) >= 11 is 4.28. The van der Waals surface area contributed by atoms with Crippen LogP contribution in [0, 0.1) is 0 Å². The molecule has 2 unspecified atom stereocenters. The van der Waals surface area contributed by atoms with Gasteiger partial charge in [-0.3, -0.25) is 0 Å². The van der Waals surface area contributed by atoms with Crippen molar-refractivity contribution in [3.05, 3.63) is 48.5 Å². The van der Waals surface area contributed by atoms with Gasteiger partial charge in [0.15, 0.2) is 0 Å². The second kappa shape index (κ2) is 8.34. The first-order chi connectivity index (χ1) is 11.7. The van der Waals surface area contributed by atoms with Crippen LogP contribution in [0.25, 0.3) is 0 Å². The largest absolute Gasteiger partial charge is 0.494 e. The highest BCUT2D eigenvalue weighted by molar-refractivity contribution is 8.21. The number of nitrogens with zero attached hydrogens (tertiary/aromatic N) is 2. The molecule has 1 saturated heterocycles. The van der Waals surface area contributed by atoms with Crippen molar-refractivity contribution < 1.29 is 4.74 Å². The third-order valence-electron chi connectivity index (χ3n) is 4.24. The molecule has 0 spiro atoms. The Labute approximate surface area is 153 Å². The minimum atomic E-state index is 0.297. The Morgan fingerprint density at radius 1 is 1.33 bits per heavy atom. The quantitative estimate of drug-likeness (QED) is 0.669. The van der Waals surface area contributed by atoms with E-state index in [-0.39, 0.29) is 0 Å². The first-order valence-corrected chi connectivity index (χ1v) is 10.5. The minimum Gasteiger partial charge on any atom is -0.494 e. The first kappa shape index (κ1) is 17.7. The second-order valence-electron chi connectivity index (χ2n) is 6.32. The Morgan fingerprint density at radius 3 is 2.79 bits per heavy atom. The average Bonchev–Trinajstić information content (AvgIpc) is 3.20. The predicted molar refractivity (Wildman–Crippen MR) is 105 cm³/mol. The van der Waals surface area contributed by atoms with Crippen molar-refractivity contribution in [2.24, 2.45) is 0 Å². The van der Waals surface area contributed by atoms with Crippen LogP contribution in [0.1, 0.15) is 32.3 Å². The van der Waals surface area contributed by atoms with Crippen molar-refractivity contribution in [3.63, 3.8) is 0 Å². The number of benzene rings is 1. The molecule has 2 aromatic rings. The molecular weight excluding hydrogens is 336 g/mol. The van der Waals surface area contributed by atoms with Gasteiger partial charge in [-0.05, 0) is 43.9 Å². The van der Waals surface area contributed by atoms with Crippen LogP contribution in [0.3, 0.4) is 0 Å². The second-order valence-corrected chi connectivity index (χ2v) is 9.80. The number of hydrogen-bond acceptors (Lipinski definition) is 4. The standard InChI is InChI=1S/C19H26N2OS2/c1-3-22-18-8-6-17(7-9-18)5-4-10-19(23-13-16(2)24-19)14-21-12-11-20-15-21/h6-9,11-12,15-16H,3-5,10,13-14H2,1-2H3. The van der Waals surface area contributed by atoms with Crippen LogP contribution in [0.4, 0.5) is 0 Å². The molecule has 0 bridgehead atoms. The minimum absolute atomic E-state index is 0.297. The molecule has 1 fully saturated rings. The molecule has 0 aliphatic carbocycles. The fourth-order valence-corrected chi connectivity index (χ4v) is 6.87. The topological polar surface area (TPSA) is 27.1 Å². The molecule has 0 radical (unpaired) electrons. The molecule has 1 aromatic heterocycles. The number of aromatic nitrogens is 2. The Morgan fingerprint density at radius 2 is 2.17 bits per heavy atom. The predicted octanol–water partition coefficient (Wildman–Crippen LogP) is 4.87. The molecule has 1 aromatic carbocycles. The third kappa shape index (κ3) is 4.73. The smallest absolute Gasteiger partial charge is 0.119 e. The maximum Gasteiger partial charge on any atom is 0.119 e. The Hall–Kier alpha value is -1.07. The highest BCUT2D eigenvalue weighted by Gasteiger charge is 2.38. The SMILES string of the molecule is CCOc1ccc(CCCC2(Cn3ccnc3)SCC(C)S2)cc1. The lowest BCUT2D eigenvalue weighted by atomic mass is 10.1. The van der Waals surface area contributed by atoms with Crippen LogP contribution in [0.5, 0.6) is 5.75 Å². The first-order valence-electron chi connectivity index (χ1n) is 8.68. The lowest BCUT2D eigenvalue weighted by molar-refractivity contribution is 0.340. The molecule has 24 heavy (non-hydrogen) atoms. The van der Waals surface area contributed by atoms with Gasteiger partial charge in [-0.15, -0.1) is 23.5 Å². The van der Waals surface area contributed by atoms with Gasteiger partial charge < -0.3 is 9.30 Å². The third-order valence-corrected chi connectivity index (χ3v) is 7.95. The van der Waals surface area contributed by atoms with Crippen molar-refractivity contribution in [3.8, 4) is 5.75 Å². The summed E-state index contributed by atoms with van der Waals surface area (Å²) in [5.41, 5.74) is 1.40. The highest BCUT2D eigenvalue weighted by Crippen LogP contribution is 2.51. The van der Waals surface area contributed by atoms with Crippen molar-refractivity contribution in [2.75, 3.05) is 12.4 Å². The van der Waals surface area contributed by atoms with E-state index in [0.29, 0.717) is 4.08 Å². The fraction of sp³-hybridized carbons (Fsp3) is 0.526. The zero-order valence-electron chi connectivity index (χ0n) is 14.5. The molecule has 0 amide bonds. The van der Waals surface area contributed by atoms with Crippen LogP contribution in [-0.4, -0.2) is 31.2 Å². The Kier molecular flexibility index (Phi) is 6.17. The van der Waals surface area contributed by atoms with Gasteiger partial charge >= 0.3 is 0 Å². The summed E-state index contributed by atoms with van der Waals surface area (Å²) in [4.78, 5) is 4.20. The van der Waals surface area contributed by atoms with Crippen molar-refractivity contribution in [1.29, 1.82) is 0 Å². The lowest BCUT2D eigenvalue weighted by Gasteiger charge is -2.28. The summed E-state index contributed by atoms with van der Waals surface area (Å²) < 4.78 is 8.05. The van der Waals surface area contributed by atoms with Crippen LogP contribution < -0.4 is 4.74 Å². The van der Waals surface area contributed by atoms with E-state index in [1.54, 1.807) is 0 Å². The van der Waals surface area contributed by atoms with Crippen LogP contribution >= 0.6 is 23.5 Å². The molecule has 2 atom stereocenters. The van der Waals surface area contributed by atoms with Crippen molar-refractivity contribution >= 4 is 23.5 Å². The zero-order chi connectivity index (χ0) is 16.8. The molecule has 1 aliphatic heterocycles. The van der Waals surface area contributed by atoms with E-state index >= 15 is 0 Å². The van der Waals surface area contributed by atoms with E-state index in [2.05, 4.69) is 70.5 Å². The molecular formula is C19H26N2OS2. The van der Waals surface area contributed by atoms with Gasteiger partial charge in [0.25, 0.3) is 0 Å². The van der Waals surface area contributed by atoms with Gasteiger partial charge in [0, 0.05) is 29.9 Å². The maximum atomic E-state index is 5.52. The number of rotatable bonds is 8. The van der Waals surface area contributed by atoms with Crippen molar-refractivity contribution in [2.45, 2.75) is 49.0 Å². The summed E-state index contributed by atoms with van der Waals surface area (Å²) in [6, 6.07) is 8.57. The monoisotopic (exact) mass is 362 g/mol. The van der Waals surface area contributed by atoms with Crippen LogP contribution in [0.15, 0.2) is 43.0 Å². The molecule has 2 heterocycles. The zero-order valence-corrected chi connectivity index (χ0v) is 16.1. The molecule has 130 valence electrons. The van der Waals surface area contributed by atoms with Crippen molar-refractivity contribution in [1.82, 2.24) is 9.55 Å². The summed E-state index contributed by atoms with van der Waals surface area (Å²) in [6.45, 7) is 6.14. The molecule has 3 nitrogen and oxygen atoms in total. The van der Waals surface area contributed by atoms with Crippen LogP contribution in [0.2, 0.25) is 0 Å². The lowest BCUT2D eigenvalue weighted by Crippen LogP contribution is -2.24. The number of imidazole rings is 1. The number of ether oxygens (including phenoxy) is 1. The van der Waals surface area contributed by atoms with Gasteiger partial charge in [0.05, 0.1) is 17.0 Å². The summed E-state index contributed by atoms with van der Waals surface area (Å²) in [6.07, 6.45) is 9.49. The highest BCUT2D eigenvalue weighted by atomic mass is 32.2. The molecule has 3 rings (SSSR count). The van der Waals surface area contributed by atoms with Crippen LogP contribution in [-0.2, 0) is 13.0 Å². The van der Waals surface area contributed by atoms with Gasteiger partial charge in [-0.2, -0.15) is 0 Å². The fourth-order valence-electron chi connectivity index (χ4n) is 3.14. The van der Waals surface area contributed by atoms with Gasteiger partial charge in [0.1, 0.15) is 5.75 Å². The van der Waals surface area contributed by atoms with Gasteiger partial charge in [-0.25, -0.2) is 4.98 Å². The van der Waals surface area contributed by atoms with E-state index in [4.69, 9.17) is 4.74 Å². The van der Waals surface area contributed by atoms with E-state index in [1.807, 2.05) is 19.4 Å². The summed E-state index contributed by atoms with van der Waals surface area (Å²) in [7, 11) is 0. The number of hydrogen-bond donors (Lipinski definition) is 0. The average molecular weight is 363 g/mol. The Balaban J connectivity index is 1.55. The van der Waals surface area contributed by atoms with E-state index in [9.17, 15) is 0 Å². The van der Waals surface area contributed by atoms with Gasteiger partial charge in [-0.1, -0.05) is 19.1 Å². The normalized spacial score (nSPS) is 23.5. The van der Waals surface area contributed by atoms with Gasteiger partial charge in [0.2, 0.25) is 0 Å².